The van der Waals surface area contributed by atoms with Gasteiger partial charge in [0, 0.05) is 6.54 Å². The Morgan fingerprint density at radius 2 is 1.94 bits per heavy atom. The average Bonchev–Trinajstić information content (AvgIpc) is 3.13. The van der Waals surface area contributed by atoms with Gasteiger partial charge in [-0.25, -0.2) is 0 Å². The van der Waals surface area contributed by atoms with Crippen LogP contribution in [0.1, 0.15) is 65.2 Å². The number of hydrogen-bond donors (Lipinski definition) is 1. The van der Waals surface area contributed by atoms with E-state index in [1.54, 1.807) is 0 Å². The number of carbonyl (C=O) groups excluding carboxylic acids is 1. The molecule has 3 heteroatoms. The molecule has 2 fully saturated rings. The summed E-state index contributed by atoms with van der Waals surface area (Å²) in [6, 6.07) is 0.0979. The number of nitrogens with one attached hydrogen (secondary N) is 1. The van der Waals surface area contributed by atoms with Gasteiger partial charge in [0.1, 0.15) is 0 Å². The number of rotatable bonds is 8. The number of nitrogens with zero attached hydrogens (tertiary/aromatic N) is 1. The van der Waals surface area contributed by atoms with Crippen molar-refractivity contribution < 1.29 is 4.79 Å². The molecule has 0 bridgehead atoms. The van der Waals surface area contributed by atoms with Gasteiger partial charge < -0.3 is 4.90 Å². The highest BCUT2D eigenvalue weighted by molar-refractivity contribution is 5.84. The number of amides is 1. The molecule has 0 aromatic rings. The molecule has 1 amide bonds. The quantitative estimate of drug-likeness (QED) is 0.720. The third kappa shape index (κ3) is 3.47. The van der Waals surface area contributed by atoms with Crippen molar-refractivity contribution in [2.45, 2.75) is 77.4 Å². The second-order valence-electron chi connectivity index (χ2n) is 5.93. The van der Waals surface area contributed by atoms with Crippen molar-refractivity contribution in [3.05, 3.63) is 0 Å². The van der Waals surface area contributed by atoms with Gasteiger partial charge in [-0.1, -0.05) is 46.0 Å². The Kier molecular flexibility index (Phi) is 5.04. The Hall–Kier alpha value is -0.570. The standard InChI is InChI=1S/C15H28N2O/c1-3-5-7-13-15(18)17(11-10-12-8-9-12)14(16-13)6-4-2/h12-14,16H,3-11H2,1-2H3. The summed E-state index contributed by atoms with van der Waals surface area (Å²) in [6.45, 7) is 5.36. The van der Waals surface area contributed by atoms with Gasteiger partial charge in [-0.15, -0.1) is 0 Å². The molecule has 3 nitrogen and oxygen atoms in total. The molecule has 2 aliphatic rings. The first-order chi connectivity index (χ1) is 8.76. The summed E-state index contributed by atoms with van der Waals surface area (Å²) >= 11 is 0. The van der Waals surface area contributed by atoms with Crippen molar-refractivity contribution in [3.8, 4) is 0 Å². The summed E-state index contributed by atoms with van der Waals surface area (Å²) in [6.07, 6.45) is 9.86. The van der Waals surface area contributed by atoms with Crippen molar-refractivity contribution in [2.75, 3.05) is 6.54 Å². The second-order valence-corrected chi connectivity index (χ2v) is 5.93. The second kappa shape index (κ2) is 6.55. The number of hydrogen-bond acceptors (Lipinski definition) is 2. The van der Waals surface area contributed by atoms with Crippen LogP contribution in [0.4, 0.5) is 0 Å². The maximum atomic E-state index is 12.4. The highest BCUT2D eigenvalue weighted by atomic mass is 16.2. The normalized spacial score (nSPS) is 28.1. The summed E-state index contributed by atoms with van der Waals surface area (Å²) in [5, 5.41) is 3.55. The van der Waals surface area contributed by atoms with Crippen molar-refractivity contribution in [1.29, 1.82) is 0 Å². The van der Waals surface area contributed by atoms with E-state index in [2.05, 4.69) is 24.1 Å². The summed E-state index contributed by atoms with van der Waals surface area (Å²) in [5.74, 6) is 1.28. The van der Waals surface area contributed by atoms with Gasteiger partial charge in [-0.2, -0.15) is 0 Å². The first-order valence-electron chi connectivity index (χ1n) is 7.82. The molecule has 2 atom stereocenters. The van der Waals surface area contributed by atoms with Crippen LogP contribution in [0.25, 0.3) is 0 Å². The van der Waals surface area contributed by atoms with Crippen LogP contribution in [0.2, 0.25) is 0 Å². The van der Waals surface area contributed by atoms with Crippen molar-refractivity contribution in [2.24, 2.45) is 5.92 Å². The molecule has 104 valence electrons. The molecule has 18 heavy (non-hydrogen) atoms. The van der Waals surface area contributed by atoms with Crippen LogP contribution in [0, 0.1) is 5.92 Å². The van der Waals surface area contributed by atoms with Gasteiger partial charge in [0.15, 0.2) is 0 Å². The van der Waals surface area contributed by atoms with E-state index in [0.29, 0.717) is 12.1 Å². The van der Waals surface area contributed by atoms with E-state index < -0.39 is 0 Å². The molecule has 2 rings (SSSR count). The lowest BCUT2D eigenvalue weighted by molar-refractivity contribution is -0.130. The molecule has 1 heterocycles. The van der Waals surface area contributed by atoms with Crippen molar-refractivity contribution in [3.63, 3.8) is 0 Å². The van der Waals surface area contributed by atoms with Crippen molar-refractivity contribution in [1.82, 2.24) is 10.2 Å². The fraction of sp³-hybridized carbons (Fsp3) is 0.933. The maximum Gasteiger partial charge on any atom is 0.241 e. The van der Waals surface area contributed by atoms with Gasteiger partial charge >= 0.3 is 0 Å². The van der Waals surface area contributed by atoms with E-state index >= 15 is 0 Å². The van der Waals surface area contributed by atoms with Crippen molar-refractivity contribution >= 4 is 5.91 Å². The molecule has 1 saturated carbocycles. The average molecular weight is 252 g/mol. The van der Waals surface area contributed by atoms with E-state index in [-0.39, 0.29) is 6.04 Å². The first-order valence-corrected chi connectivity index (χ1v) is 7.82. The molecule has 0 radical (unpaired) electrons. The van der Waals surface area contributed by atoms with E-state index in [1.165, 1.54) is 25.7 Å². The predicted octanol–water partition coefficient (Wildman–Crippen LogP) is 2.90. The first kappa shape index (κ1) is 13.9. The van der Waals surface area contributed by atoms with E-state index in [4.69, 9.17) is 0 Å². The highest BCUT2D eigenvalue weighted by Gasteiger charge is 2.38. The van der Waals surface area contributed by atoms with E-state index in [0.717, 1.165) is 38.1 Å². The van der Waals surface area contributed by atoms with Gasteiger partial charge in [0.2, 0.25) is 5.91 Å². The summed E-state index contributed by atoms with van der Waals surface area (Å²) in [7, 11) is 0. The van der Waals surface area contributed by atoms with Gasteiger partial charge in [-0.3, -0.25) is 10.1 Å². The largest absolute Gasteiger partial charge is 0.326 e. The van der Waals surface area contributed by atoms with Crippen LogP contribution < -0.4 is 5.32 Å². The number of carbonyl (C=O) groups is 1. The fourth-order valence-corrected chi connectivity index (χ4v) is 2.87. The van der Waals surface area contributed by atoms with Gasteiger partial charge in [0.05, 0.1) is 12.2 Å². The molecular weight excluding hydrogens is 224 g/mol. The molecule has 1 saturated heterocycles. The zero-order valence-corrected chi connectivity index (χ0v) is 12.0. The highest BCUT2D eigenvalue weighted by Crippen LogP contribution is 2.33. The van der Waals surface area contributed by atoms with Crippen LogP contribution in [-0.2, 0) is 4.79 Å². The molecule has 1 N–H and O–H groups in total. The van der Waals surface area contributed by atoms with E-state index in [1.807, 2.05) is 0 Å². The Balaban J connectivity index is 1.87. The molecule has 0 aromatic heterocycles. The van der Waals surface area contributed by atoms with Crippen LogP contribution in [-0.4, -0.2) is 29.6 Å². The number of unbranched alkanes of at least 4 members (excludes halogenated alkanes) is 1. The molecular formula is C15H28N2O. The predicted molar refractivity (Wildman–Crippen MR) is 74.2 cm³/mol. The maximum absolute atomic E-state index is 12.4. The molecule has 0 aromatic carbocycles. The van der Waals surface area contributed by atoms with Crippen LogP contribution >= 0.6 is 0 Å². The summed E-state index contributed by atoms with van der Waals surface area (Å²) in [5.41, 5.74) is 0. The molecule has 0 spiro atoms. The lowest BCUT2D eigenvalue weighted by atomic mass is 10.1. The van der Waals surface area contributed by atoms with Gasteiger partial charge in [0.25, 0.3) is 0 Å². The minimum Gasteiger partial charge on any atom is -0.326 e. The molecule has 1 aliphatic carbocycles. The SMILES string of the molecule is CCCCC1NC(CCC)N(CCC2CC2)C1=O. The minimum absolute atomic E-state index is 0.0979. The Bertz CT molecular complexity index is 276. The zero-order valence-electron chi connectivity index (χ0n) is 12.0. The lowest BCUT2D eigenvalue weighted by Crippen LogP contribution is -2.38. The Morgan fingerprint density at radius 3 is 2.56 bits per heavy atom. The molecule has 1 aliphatic heterocycles. The Morgan fingerprint density at radius 1 is 1.17 bits per heavy atom. The lowest BCUT2D eigenvalue weighted by Gasteiger charge is -2.23. The van der Waals surface area contributed by atoms with E-state index in [9.17, 15) is 4.79 Å². The van der Waals surface area contributed by atoms with Gasteiger partial charge in [-0.05, 0) is 25.2 Å². The zero-order chi connectivity index (χ0) is 13.0. The monoisotopic (exact) mass is 252 g/mol. The van der Waals surface area contributed by atoms with Crippen LogP contribution in [0.3, 0.4) is 0 Å². The third-order valence-electron chi connectivity index (χ3n) is 4.23. The fourth-order valence-electron chi connectivity index (χ4n) is 2.87. The molecule has 2 unspecified atom stereocenters. The van der Waals surface area contributed by atoms with Crippen LogP contribution in [0.15, 0.2) is 0 Å². The van der Waals surface area contributed by atoms with Crippen LogP contribution in [0.5, 0.6) is 0 Å². The topological polar surface area (TPSA) is 32.3 Å². The summed E-state index contributed by atoms with van der Waals surface area (Å²) < 4.78 is 0. The smallest absolute Gasteiger partial charge is 0.241 e. The Labute approximate surface area is 111 Å². The third-order valence-corrected chi connectivity index (χ3v) is 4.23. The minimum atomic E-state index is 0.0979. The summed E-state index contributed by atoms with van der Waals surface area (Å²) in [4.78, 5) is 14.5.